The molecular weight excluding hydrogens is 268 g/mol. The van der Waals surface area contributed by atoms with Crippen molar-refractivity contribution in [2.75, 3.05) is 32.1 Å². The first-order chi connectivity index (χ1) is 10.1. The number of benzene rings is 1. The van der Waals surface area contributed by atoms with Crippen LogP contribution in [0.4, 0.5) is 10.5 Å². The Hall–Kier alpha value is -1.59. The standard InChI is InChI=1S/C16H24N2O3/c1-12(19)14-3-5-15(6-4-14)17-16(20)18(2)11-13-7-9-21-10-8-13/h3-6,12-13,19H,7-11H2,1-2H3,(H,17,20). The molecule has 2 amide bonds. The minimum atomic E-state index is -0.494. The van der Waals surface area contributed by atoms with Gasteiger partial charge in [-0.05, 0) is 43.4 Å². The van der Waals surface area contributed by atoms with Gasteiger partial charge in [0.1, 0.15) is 0 Å². The van der Waals surface area contributed by atoms with Gasteiger partial charge in [0.15, 0.2) is 0 Å². The lowest BCUT2D eigenvalue weighted by atomic mass is 10.00. The Balaban J connectivity index is 1.84. The summed E-state index contributed by atoms with van der Waals surface area (Å²) in [6.07, 6.45) is 1.53. The molecule has 1 fully saturated rings. The van der Waals surface area contributed by atoms with Crippen LogP contribution < -0.4 is 5.32 Å². The smallest absolute Gasteiger partial charge is 0.321 e. The predicted molar refractivity (Wildman–Crippen MR) is 82.3 cm³/mol. The average Bonchev–Trinajstić information content (AvgIpc) is 2.48. The molecule has 0 radical (unpaired) electrons. The van der Waals surface area contributed by atoms with Crippen molar-refractivity contribution in [1.29, 1.82) is 0 Å². The summed E-state index contributed by atoms with van der Waals surface area (Å²) in [5.74, 6) is 0.520. The van der Waals surface area contributed by atoms with E-state index in [0.717, 1.165) is 43.9 Å². The number of aliphatic hydroxyl groups is 1. The van der Waals surface area contributed by atoms with Crippen LogP contribution in [0.25, 0.3) is 0 Å². The maximum Gasteiger partial charge on any atom is 0.321 e. The van der Waals surface area contributed by atoms with Crippen molar-refractivity contribution in [1.82, 2.24) is 4.90 Å². The van der Waals surface area contributed by atoms with E-state index in [2.05, 4.69) is 5.32 Å². The Morgan fingerprint density at radius 1 is 1.38 bits per heavy atom. The van der Waals surface area contributed by atoms with E-state index in [1.165, 1.54) is 0 Å². The highest BCUT2D eigenvalue weighted by atomic mass is 16.5. The van der Waals surface area contributed by atoms with Gasteiger partial charge in [-0.25, -0.2) is 4.79 Å². The molecule has 1 aliphatic rings. The number of hydrogen-bond acceptors (Lipinski definition) is 3. The van der Waals surface area contributed by atoms with Crippen LogP contribution in [0.1, 0.15) is 31.4 Å². The van der Waals surface area contributed by atoms with Crippen LogP contribution >= 0.6 is 0 Å². The predicted octanol–water partition coefficient (Wildman–Crippen LogP) is 2.63. The van der Waals surface area contributed by atoms with Gasteiger partial charge < -0.3 is 20.1 Å². The SMILES string of the molecule is CC(O)c1ccc(NC(=O)N(C)CC2CCOCC2)cc1. The monoisotopic (exact) mass is 292 g/mol. The van der Waals surface area contributed by atoms with Crippen molar-refractivity contribution in [3.8, 4) is 0 Å². The van der Waals surface area contributed by atoms with Gasteiger partial charge in [-0.2, -0.15) is 0 Å². The molecule has 1 aromatic carbocycles. The first-order valence-corrected chi connectivity index (χ1v) is 7.44. The molecule has 21 heavy (non-hydrogen) atoms. The zero-order valence-electron chi connectivity index (χ0n) is 12.7. The normalized spacial score (nSPS) is 17.3. The number of nitrogens with one attached hydrogen (secondary N) is 1. The Morgan fingerprint density at radius 2 is 2.00 bits per heavy atom. The number of anilines is 1. The number of rotatable bonds is 4. The molecule has 2 N–H and O–H groups in total. The Labute approximate surface area is 125 Å². The minimum Gasteiger partial charge on any atom is -0.389 e. The Kier molecular flexibility index (Phi) is 5.59. The zero-order chi connectivity index (χ0) is 15.2. The molecule has 1 atom stereocenters. The van der Waals surface area contributed by atoms with Crippen LogP contribution in [0, 0.1) is 5.92 Å². The number of carbonyl (C=O) groups excluding carboxylic acids is 1. The first kappa shape index (κ1) is 15.8. The average molecular weight is 292 g/mol. The fourth-order valence-corrected chi connectivity index (χ4v) is 2.46. The second-order valence-electron chi connectivity index (χ2n) is 5.66. The molecule has 0 aliphatic carbocycles. The molecule has 0 bridgehead atoms. The van der Waals surface area contributed by atoms with Gasteiger partial charge in [-0.1, -0.05) is 12.1 Å². The van der Waals surface area contributed by atoms with E-state index < -0.39 is 6.10 Å². The summed E-state index contributed by atoms with van der Waals surface area (Å²) in [6, 6.07) is 7.15. The van der Waals surface area contributed by atoms with Crippen LogP contribution in [0.2, 0.25) is 0 Å². The third-order valence-corrected chi connectivity index (χ3v) is 3.86. The third-order valence-electron chi connectivity index (χ3n) is 3.86. The number of carbonyl (C=O) groups is 1. The molecule has 1 saturated heterocycles. The van der Waals surface area contributed by atoms with Crippen molar-refractivity contribution in [3.63, 3.8) is 0 Å². The molecule has 2 rings (SSSR count). The molecule has 1 aromatic rings. The summed E-state index contributed by atoms with van der Waals surface area (Å²) >= 11 is 0. The fourth-order valence-electron chi connectivity index (χ4n) is 2.46. The van der Waals surface area contributed by atoms with Crippen molar-refractivity contribution in [2.24, 2.45) is 5.92 Å². The van der Waals surface area contributed by atoms with Crippen molar-refractivity contribution < 1.29 is 14.6 Å². The fraction of sp³-hybridized carbons (Fsp3) is 0.562. The van der Waals surface area contributed by atoms with Gasteiger partial charge in [-0.15, -0.1) is 0 Å². The Morgan fingerprint density at radius 3 is 2.57 bits per heavy atom. The summed E-state index contributed by atoms with van der Waals surface area (Å²) in [5, 5.41) is 12.3. The van der Waals surface area contributed by atoms with E-state index >= 15 is 0 Å². The van der Waals surface area contributed by atoms with Crippen LogP contribution in [0.15, 0.2) is 24.3 Å². The molecule has 1 heterocycles. The maximum atomic E-state index is 12.1. The molecule has 1 unspecified atom stereocenters. The molecular formula is C16H24N2O3. The van der Waals surface area contributed by atoms with Crippen LogP contribution in [0.5, 0.6) is 0 Å². The van der Waals surface area contributed by atoms with E-state index in [1.54, 1.807) is 11.8 Å². The van der Waals surface area contributed by atoms with Gasteiger partial charge in [0.05, 0.1) is 6.10 Å². The molecule has 5 heteroatoms. The van der Waals surface area contributed by atoms with Gasteiger partial charge in [0, 0.05) is 32.5 Å². The number of aliphatic hydroxyl groups excluding tert-OH is 1. The summed E-state index contributed by atoms with van der Waals surface area (Å²) < 4.78 is 5.33. The highest BCUT2D eigenvalue weighted by Gasteiger charge is 2.18. The summed E-state index contributed by atoms with van der Waals surface area (Å²) in [5.41, 5.74) is 1.58. The maximum absolute atomic E-state index is 12.1. The van der Waals surface area contributed by atoms with E-state index in [4.69, 9.17) is 4.74 Å². The van der Waals surface area contributed by atoms with Crippen molar-refractivity contribution >= 4 is 11.7 Å². The third kappa shape index (κ3) is 4.72. The largest absolute Gasteiger partial charge is 0.389 e. The summed E-state index contributed by atoms with van der Waals surface area (Å²) in [7, 11) is 1.81. The van der Waals surface area contributed by atoms with E-state index in [1.807, 2.05) is 31.3 Å². The number of hydrogen-bond donors (Lipinski definition) is 2. The number of nitrogens with zero attached hydrogens (tertiary/aromatic N) is 1. The molecule has 0 saturated carbocycles. The number of amides is 2. The number of urea groups is 1. The minimum absolute atomic E-state index is 0.105. The first-order valence-electron chi connectivity index (χ1n) is 7.44. The van der Waals surface area contributed by atoms with Gasteiger partial charge in [-0.3, -0.25) is 0 Å². The topological polar surface area (TPSA) is 61.8 Å². The summed E-state index contributed by atoms with van der Waals surface area (Å²) in [4.78, 5) is 13.9. The number of ether oxygens (including phenoxy) is 1. The zero-order valence-corrected chi connectivity index (χ0v) is 12.7. The van der Waals surface area contributed by atoms with Gasteiger partial charge >= 0.3 is 6.03 Å². The molecule has 1 aliphatic heterocycles. The lowest BCUT2D eigenvalue weighted by molar-refractivity contribution is 0.0592. The van der Waals surface area contributed by atoms with Crippen LogP contribution in [-0.4, -0.2) is 42.8 Å². The molecule has 5 nitrogen and oxygen atoms in total. The molecule has 116 valence electrons. The highest BCUT2D eigenvalue weighted by Crippen LogP contribution is 2.18. The lowest BCUT2D eigenvalue weighted by Crippen LogP contribution is -2.36. The van der Waals surface area contributed by atoms with E-state index in [0.29, 0.717) is 5.92 Å². The highest BCUT2D eigenvalue weighted by molar-refractivity contribution is 5.89. The van der Waals surface area contributed by atoms with Gasteiger partial charge in [0.25, 0.3) is 0 Å². The summed E-state index contributed by atoms with van der Waals surface area (Å²) in [6.45, 7) is 4.05. The van der Waals surface area contributed by atoms with Crippen molar-refractivity contribution in [3.05, 3.63) is 29.8 Å². The molecule has 0 spiro atoms. The van der Waals surface area contributed by atoms with E-state index in [9.17, 15) is 9.90 Å². The van der Waals surface area contributed by atoms with Crippen molar-refractivity contribution in [2.45, 2.75) is 25.9 Å². The second kappa shape index (κ2) is 7.43. The van der Waals surface area contributed by atoms with Crippen LogP contribution in [0.3, 0.4) is 0 Å². The molecule has 0 aromatic heterocycles. The van der Waals surface area contributed by atoms with Gasteiger partial charge in [0.2, 0.25) is 0 Å². The second-order valence-corrected chi connectivity index (χ2v) is 5.66. The lowest BCUT2D eigenvalue weighted by Gasteiger charge is -2.27. The van der Waals surface area contributed by atoms with E-state index in [-0.39, 0.29) is 6.03 Å². The quantitative estimate of drug-likeness (QED) is 0.896. The van der Waals surface area contributed by atoms with Crippen LogP contribution in [-0.2, 0) is 4.74 Å². The Bertz CT molecular complexity index is 453.